The highest BCUT2D eigenvalue weighted by atomic mass is 35.5. The van der Waals surface area contributed by atoms with E-state index in [2.05, 4.69) is 5.10 Å². The maximum Gasteiger partial charge on any atom is 0.283 e. The molecule has 1 aliphatic heterocycles. The number of nitrogens with two attached hydrogens (primary N) is 1. The number of nitrogens with zero attached hydrogens (tertiary/aromatic N) is 3. The second kappa shape index (κ2) is 6.68. The van der Waals surface area contributed by atoms with Crippen molar-refractivity contribution in [2.24, 2.45) is 12.8 Å². The molecule has 1 aliphatic rings. The van der Waals surface area contributed by atoms with E-state index < -0.39 is 10.0 Å². The predicted molar refractivity (Wildman–Crippen MR) is 92.7 cm³/mol. The molecule has 2 N–H and O–H groups in total. The normalized spacial score (nSPS) is 14.3. The molecule has 3 rings (SSSR count). The summed E-state index contributed by atoms with van der Waals surface area (Å²) in [7, 11) is -2.17. The summed E-state index contributed by atoms with van der Waals surface area (Å²) < 4.78 is 28.6. The molecule has 0 saturated heterocycles. The molecule has 2 aromatic rings. The number of hydrogen-bond acceptors (Lipinski definition) is 4. The number of rotatable bonds is 3. The second-order valence-corrected chi connectivity index (χ2v) is 7.45. The highest BCUT2D eigenvalue weighted by molar-refractivity contribution is 7.92. The predicted octanol–water partition coefficient (Wildman–Crippen LogP) is 2.10. The molecule has 0 radical (unpaired) electrons. The lowest BCUT2D eigenvalue weighted by molar-refractivity contribution is 0.568. The molecule has 23 heavy (non-hydrogen) atoms. The first kappa shape index (κ1) is 18.1. The van der Waals surface area contributed by atoms with E-state index in [1.54, 1.807) is 7.05 Å². The molecule has 6 nitrogen and oxygen atoms in total. The third-order valence-electron chi connectivity index (χ3n) is 3.83. The molecule has 1 aromatic carbocycles. The van der Waals surface area contributed by atoms with Gasteiger partial charge in [0.05, 0.1) is 16.9 Å². The van der Waals surface area contributed by atoms with Gasteiger partial charge in [0.25, 0.3) is 10.0 Å². The molecule has 0 amide bonds. The summed E-state index contributed by atoms with van der Waals surface area (Å²) in [6.45, 7) is 0.867. The van der Waals surface area contributed by atoms with Crippen LogP contribution in [0.1, 0.15) is 17.5 Å². The molecule has 0 fully saturated rings. The zero-order chi connectivity index (χ0) is 15.9. The van der Waals surface area contributed by atoms with Gasteiger partial charge >= 0.3 is 0 Å². The SMILES string of the molecule is Cl.Cn1ncc(Cl)c1S(=O)(=O)N1CCCc2cc(CN)ccc21. The number of hydrogen-bond donors (Lipinski definition) is 1. The van der Waals surface area contributed by atoms with Crippen LogP contribution < -0.4 is 10.0 Å². The minimum absolute atomic E-state index is 0. The van der Waals surface area contributed by atoms with E-state index in [1.165, 1.54) is 15.2 Å². The molecule has 0 bridgehead atoms. The molecule has 2 heterocycles. The molecule has 0 unspecified atom stereocenters. The van der Waals surface area contributed by atoms with Gasteiger partial charge < -0.3 is 5.73 Å². The second-order valence-electron chi connectivity index (χ2n) is 5.27. The number of halogens is 2. The van der Waals surface area contributed by atoms with Crippen molar-refractivity contribution in [3.63, 3.8) is 0 Å². The fraction of sp³-hybridized carbons (Fsp3) is 0.357. The quantitative estimate of drug-likeness (QED) is 0.888. The molecule has 9 heteroatoms. The Kier molecular flexibility index (Phi) is 5.25. The Morgan fingerprint density at radius 2 is 2.13 bits per heavy atom. The minimum Gasteiger partial charge on any atom is -0.326 e. The summed E-state index contributed by atoms with van der Waals surface area (Å²) in [5.74, 6) is 0. The van der Waals surface area contributed by atoms with Crippen LogP contribution in [0.25, 0.3) is 0 Å². The van der Waals surface area contributed by atoms with E-state index in [0.717, 1.165) is 24.0 Å². The molecule has 0 atom stereocenters. The Hall–Kier alpha value is -1.28. The summed E-state index contributed by atoms with van der Waals surface area (Å²) in [6.07, 6.45) is 2.95. The molecule has 0 saturated carbocycles. The van der Waals surface area contributed by atoms with Crippen molar-refractivity contribution < 1.29 is 8.42 Å². The first-order valence-corrected chi connectivity index (χ1v) is 8.79. The third kappa shape index (κ3) is 3.06. The van der Waals surface area contributed by atoms with Crippen LogP contribution in [0.15, 0.2) is 29.4 Å². The van der Waals surface area contributed by atoms with Crippen molar-refractivity contribution in [1.82, 2.24) is 9.78 Å². The van der Waals surface area contributed by atoms with Crippen molar-refractivity contribution in [2.75, 3.05) is 10.8 Å². The maximum atomic E-state index is 13.0. The van der Waals surface area contributed by atoms with Crippen LogP contribution in [-0.2, 0) is 30.0 Å². The Morgan fingerprint density at radius 1 is 1.39 bits per heavy atom. The van der Waals surface area contributed by atoms with Gasteiger partial charge in [-0.1, -0.05) is 23.7 Å². The summed E-state index contributed by atoms with van der Waals surface area (Å²) in [4.78, 5) is 0. The minimum atomic E-state index is -3.74. The average Bonchev–Trinajstić information content (AvgIpc) is 2.85. The van der Waals surface area contributed by atoms with Crippen molar-refractivity contribution in [3.05, 3.63) is 40.5 Å². The summed E-state index contributed by atoms with van der Waals surface area (Å²) in [6, 6.07) is 5.65. The monoisotopic (exact) mass is 376 g/mol. The molecule has 1 aromatic heterocycles. The van der Waals surface area contributed by atoms with Crippen LogP contribution in [-0.4, -0.2) is 24.7 Å². The smallest absolute Gasteiger partial charge is 0.283 e. The van der Waals surface area contributed by atoms with Gasteiger partial charge in [0.15, 0.2) is 5.03 Å². The lowest BCUT2D eigenvalue weighted by Crippen LogP contribution is -2.36. The number of sulfonamides is 1. The van der Waals surface area contributed by atoms with Crippen LogP contribution in [0, 0.1) is 0 Å². The van der Waals surface area contributed by atoms with E-state index in [-0.39, 0.29) is 22.5 Å². The molecular formula is C14H18Cl2N4O2S. The van der Waals surface area contributed by atoms with Crippen LogP contribution in [0.4, 0.5) is 5.69 Å². The summed E-state index contributed by atoms with van der Waals surface area (Å²) >= 11 is 6.02. The van der Waals surface area contributed by atoms with Gasteiger partial charge in [0.2, 0.25) is 0 Å². The van der Waals surface area contributed by atoms with Crippen molar-refractivity contribution >= 4 is 39.7 Å². The van der Waals surface area contributed by atoms with Gasteiger partial charge in [-0.2, -0.15) is 13.5 Å². The first-order valence-electron chi connectivity index (χ1n) is 6.97. The van der Waals surface area contributed by atoms with Gasteiger partial charge in [0.1, 0.15) is 0 Å². The van der Waals surface area contributed by atoms with E-state index in [1.807, 2.05) is 18.2 Å². The standard InChI is InChI=1S/C14H17ClN4O2S.ClH/c1-18-14(12(15)9-17-18)22(20,21)19-6-2-3-11-7-10(8-16)4-5-13(11)19;/h4-5,7,9H,2-3,6,8,16H2,1H3;1H. The highest BCUT2D eigenvalue weighted by Crippen LogP contribution is 2.34. The van der Waals surface area contributed by atoms with Crippen LogP contribution in [0.2, 0.25) is 5.02 Å². The highest BCUT2D eigenvalue weighted by Gasteiger charge is 2.33. The summed E-state index contributed by atoms with van der Waals surface area (Å²) in [5, 5.41) is 4.07. The molecule has 0 aliphatic carbocycles. The Labute approximate surface area is 146 Å². The lowest BCUT2D eigenvalue weighted by atomic mass is 10.0. The first-order chi connectivity index (χ1) is 10.4. The van der Waals surface area contributed by atoms with Gasteiger partial charge in [-0.3, -0.25) is 8.99 Å². The Bertz CT molecular complexity index is 801. The Balaban J connectivity index is 0.00000192. The van der Waals surface area contributed by atoms with Crippen LogP contribution >= 0.6 is 24.0 Å². The van der Waals surface area contributed by atoms with Crippen LogP contribution in [0.3, 0.4) is 0 Å². The average molecular weight is 377 g/mol. The molecule has 126 valence electrons. The van der Waals surface area contributed by atoms with Crippen LogP contribution in [0.5, 0.6) is 0 Å². The number of fused-ring (bicyclic) bond motifs is 1. The van der Waals surface area contributed by atoms with Gasteiger partial charge in [-0.25, -0.2) is 0 Å². The lowest BCUT2D eigenvalue weighted by Gasteiger charge is -2.30. The zero-order valence-corrected chi connectivity index (χ0v) is 15.0. The maximum absolute atomic E-state index is 13.0. The van der Waals surface area contributed by atoms with Gasteiger partial charge in [-0.15, -0.1) is 12.4 Å². The van der Waals surface area contributed by atoms with Gasteiger partial charge in [-0.05, 0) is 30.0 Å². The molecular weight excluding hydrogens is 359 g/mol. The summed E-state index contributed by atoms with van der Waals surface area (Å²) in [5.41, 5.74) is 8.35. The fourth-order valence-corrected chi connectivity index (χ4v) is 4.94. The van der Waals surface area contributed by atoms with E-state index in [4.69, 9.17) is 17.3 Å². The topological polar surface area (TPSA) is 81.2 Å². The third-order valence-corrected chi connectivity index (χ3v) is 6.15. The number of benzene rings is 1. The van der Waals surface area contributed by atoms with Crippen molar-refractivity contribution in [2.45, 2.75) is 24.4 Å². The number of anilines is 1. The molecule has 0 spiro atoms. The zero-order valence-electron chi connectivity index (χ0n) is 12.6. The van der Waals surface area contributed by atoms with Gasteiger partial charge in [0, 0.05) is 20.1 Å². The van der Waals surface area contributed by atoms with E-state index in [9.17, 15) is 8.42 Å². The number of aryl methyl sites for hydroxylation is 2. The fourth-order valence-electron chi connectivity index (χ4n) is 2.79. The van der Waals surface area contributed by atoms with E-state index in [0.29, 0.717) is 18.8 Å². The number of aromatic nitrogens is 2. The Morgan fingerprint density at radius 3 is 2.74 bits per heavy atom. The largest absolute Gasteiger partial charge is 0.326 e. The van der Waals surface area contributed by atoms with Crippen molar-refractivity contribution in [1.29, 1.82) is 0 Å². The van der Waals surface area contributed by atoms with E-state index >= 15 is 0 Å². The van der Waals surface area contributed by atoms with Crippen molar-refractivity contribution in [3.8, 4) is 0 Å².